The normalized spacial score (nSPS) is 20.9. The van der Waals surface area contributed by atoms with E-state index in [0.717, 1.165) is 50.0 Å². The number of hydrogen-bond donors (Lipinski definition) is 2. The summed E-state index contributed by atoms with van der Waals surface area (Å²) in [6.45, 7) is 2.77. The minimum absolute atomic E-state index is 0.128. The Kier molecular flexibility index (Phi) is 2.96. The SMILES string of the molecule is O=C1c2ccc(O)cc2CCN1C1CCNCC1. The van der Waals surface area contributed by atoms with Crippen LogP contribution < -0.4 is 5.32 Å². The molecule has 1 aromatic carbocycles. The molecule has 4 nitrogen and oxygen atoms in total. The molecule has 1 aromatic rings. The van der Waals surface area contributed by atoms with Gasteiger partial charge in [-0.1, -0.05) is 0 Å². The van der Waals surface area contributed by atoms with Crippen molar-refractivity contribution in [1.29, 1.82) is 0 Å². The lowest BCUT2D eigenvalue weighted by Gasteiger charge is -2.37. The third-order valence-corrected chi connectivity index (χ3v) is 3.95. The van der Waals surface area contributed by atoms with Crippen LogP contribution in [0.3, 0.4) is 0 Å². The molecule has 3 rings (SSSR count). The van der Waals surface area contributed by atoms with Crippen LogP contribution in [-0.4, -0.2) is 41.6 Å². The van der Waals surface area contributed by atoms with Gasteiger partial charge >= 0.3 is 0 Å². The van der Waals surface area contributed by atoms with Gasteiger partial charge in [0.25, 0.3) is 5.91 Å². The molecule has 0 spiro atoms. The van der Waals surface area contributed by atoms with Crippen LogP contribution >= 0.6 is 0 Å². The van der Waals surface area contributed by atoms with E-state index in [1.807, 2.05) is 4.90 Å². The Bertz CT molecular complexity index is 467. The van der Waals surface area contributed by atoms with E-state index < -0.39 is 0 Å². The molecule has 0 unspecified atom stereocenters. The molecule has 0 atom stereocenters. The summed E-state index contributed by atoms with van der Waals surface area (Å²) in [4.78, 5) is 14.5. The number of aromatic hydroxyl groups is 1. The van der Waals surface area contributed by atoms with Crippen LogP contribution in [0.1, 0.15) is 28.8 Å². The lowest BCUT2D eigenvalue weighted by atomic mass is 9.95. The van der Waals surface area contributed by atoms with E-state index in [0.29, 0.717) is 6.04 Å². The van der Waals surface area contributed by atoms with Crippen molar-refractivity contribution in [2.45, 2.75) is 25.3 Å². The van der Waals surface area contributed by atoms with Gasteiger partial charge in [0.15, 0.2) is 0 Å². The van der Waals surface area contributed by atoms with Gasteiger partial charge < -0.3 is 15.3 Å². The van der Waals surface area contributed by atoms with Gasteiger partial charge in [0, 0.05) is 18.2 Å². The Morgan fingerprint density at radius 2 is 2.06 bits per heavy atom. The van der Waals surface area contributed by atoms with Crippen molar-refractivity contribution >= 4 is 5.91 Å². The summed E-state index contributed by atoms with van der Waals surface area (Å²) >= 11 is 0. The van der Waals surface area contributed by atoms with E-state index in [4.69, 9.17) is 0 Å². The van der Waals surface area contributed by atoms with E-state index in [9.17, 15) is 9.90 Å². The molecule has 0 aliphatic carbocycles. The largest absolute Gasteiger partial charge is 0.508 e. The average Bonchev–Trinajstić information content (AvgIpc) is 2.40. The predicted octanol–water partition coefficient (Wildman–Crippen LogP) is 1.14. The van der Waals surface area contributed by atoms with Crippen LogP contribution in [0.15, 0.2) is 18.2 Å². The van der Waals surface area contributed by atoms with Gasteiger partial charge in [-0.3, -0.25) is 4.79 Å². The topological polar surface area (TPSA) is 52.6 Å². The van der Waals surface area contributed by atoms with Crippen molar-refractivity contribution < 1.29 is 9.90 Å². The zero-order chi connectivity index (χ0) is 12.5. The Labute approximate surface area is 107 Å². The molecule has 0 aromatic heterocycles. The number of hydrogen-bond acceptors (Lipinski definition) is 3. The lowest BCUT2D eigenvalue weighted by molar-refractivity contribution is 0.0623. The number of carbonyl (C=O) groups excluding carboxylic acids is 1. The van der Waals surface area contributed by atoms with Crippen molar-refractivity contribution in [3.63, 3.8) is 0 Å². The van der Waals surface area contributed by atoms with Gasteiger partial charge in [-0.05, 0) is 56.1 Å². The number of benzene rings is 1. The number of amides is 1. The summed E-state index contributed by atoms with van der Waals surface area (Å²) < 4.78 is 0. The summed E-state index contributed by atoms with van der Waals surface area (Å²) in [5.74, 6) is 0.375. The molecule has 96 valence electrons. The van der Waals surface area contributed by atoms with E-state index in [-0.39, 0.29) is 11.7 Å². The van der Waals surface area contributed by atoms with Crippen molar-refractivity contribution in [3.05, 3.63) is 29.3 Å². The first kappa shape index (κ1) is 11.5. The molecule has 2 N–H and O–H groups in total. The van der Waals surface area contributed by atoms with Gasteiger partial charge in [0.05, 0.1) is 0 Å². The standard InChI is InChI=1S/C14H18N2O2/c17-12-1-2-13-10(9-12)5-8-16(14(13)18)11-3-6-15-7-4-11/h1-2,9,11,15,17H,3-8H2. The van der Waals surface area contributed by atoms with Gasteiger partial charge in [-0.2, -0.15) is 0 Å². The highest BCUT2D eigenvalue weighted by molar-refractivity contribution is 5.97. The maximum Gasteiger partial charge on any atom is 0.254 e. The maximum absolute atomic E-state index is 12.5. The molecule has 18 heavy (non-hydrogen) atoms. The van der Waals surface area contributed by atoms with Gasteiger partial charge in [-0.15, -0.1) is 0 Å². The number of rotatable bonds is 1. The van der Waals surface area contributed by atoms with Crippen LogP contribution in [0.4, 0.5) is 0 Å². The van der Waals surface area contributed by atoms with Gasteiger partial charge in [-0.25, -0.2) is 0 Å². The number of nitrogens with zero attached hydrogens (tertiary/aromatic N) is 1. The Hall–Kier alpha value is -1.55. The Balaban J connectivity index is 1.84. The fraction of sp³-hybridized carbons (Fsp3) is 0.500. The first-order valence-corrected chi connectivity index (χ1v) is 6.59. The second kappa shape index (κ2) is 4.61. The van der Waals surface area contributed by atoms with E-state index in [1.165, 1.54) is 0 Å². The zero-order valence-corrected chi connectivity index (χ0v) is 10.4. The fourth-order valence-corrected chi connectivity index (χ4v) is 2.96. The molecule has 0 saturated carbocycles. The first-order chi connectivity index (χ1) is 8.75. The molecule has 0 bridgehead atoms. The van der Waals surface area contributed by atoms with Crippen LogP contribution in [0.2, 0.25) is 0 Å². The van der Waals surface area contributed by atoms with Gasteiger partial charge in [0.1, 0.15) is 5.75 Å². The number of phenolic OH excluding ortho intramolecular Hbond substituents is 1. The highest BCUT2D eigenvalue weighted by Crippen LogP contribution is 2.26. The van der Waals surface area contributed by atoms with Crippen molar-refractivity contribution in [2.24, 2.45) is 0 Å². The second-order valence-corrected chi connectivity index (χ2v) is 5.07. The number of carbonyl (C=O) groups is 1. The third-order valence-electron chi connectivity index (χ3n) is 3.95. The highest BCUT2D eigenvalue weighted by Gasteiger charge is 2.30. The zero-order valence-electron chi connectivity index (χ0n) is 10.4. The maximum atomic E-state index is 12.5. The van der Waals surface area contributed by atoms with Gasteiger partial charge in [0.2, 0.25) is 0 Å². The van der Waals surface area contributed by atoms with Crippen molar-refractivity contribution in [1.82, 2.24) is 10.2 Å². The molecule has 2 aliphatic heterocycles. The number of fused-ring (bicyclic) bond motifs is 1. The second-order valence-electron chi connectivity index (χ2n) is 5.07. The van der Waals surface area contributed by atoms with Crippen LogP contribution in [0, 0.1) is 0 Å². The third kappa shape index (κ3) is 1.97. The molecule has 2 heterocycles. The van der Waals surface area contributed by atoms with Crippen LogP contribution in [0.5, 0.6) is 5.75 Å². The van der Waals surface area contributed by atoms with E-state index in [1.54, 1.807) is 18.2 Å². The molecule has 1 saturated heterocycles. The molecule has 1 fully saturated rings. The summed E-state index contributed by atoms with van der Waals surface area (Å²) in [5, 5.41) is 12.8. The molecule has 1 amide bonds. The van der Waals surface area contributed by atoms with Crippen LogP contribution in [-0.2, 0) is 6.42 Å². The molecular formula is C14H18N2O2. The highest BCUT2D eigenvalue weighted by atomic mass is 16.3. The lowest BCUT2D eigenvalue weighted by Crippen LogP contribution is -2.48. The minimum atomic E-state index is 0.128. The van der Waals surface area contributed by atoms with E-state index >= 15 is 0 Å². The van der Waals surface area contributed by atoms with Crippen molar-refractivity contribution in [3.8, 4) is 5.75 Å². The Morgan fingerprint density at radius 3 is 2.83 bits per heavy atom. The molecule has 2 aliphatic rings. The smallest absolute Gasteiger partial charge is 0.254 e. The minimum Gasteiger partial charge on any atom is -0.508 e. The quantitative estimate of drug-likeness (QED) is 0.781. The fourth-order valence-electron chi connectivity index (χ4n) is 2.96. The van der Waals surface area contributed by atoms with E-state index in [2.05, 4.69) is 5.32 Å². The molecule has 0 radical (unpaired) electrons. The first-order valence-electron chi connectivity index (χ1n) is 6.59. The Morgan fingerprint density at radius 1 is 1.28 bits per heavy atom. The molecule has 4 heteroatoms. The number of piperidine rings is 1. The summed E-state index contributed by atoms with van der Waals surface area (Å²) in [7, 11) is 0. The summed E-state index contributed by atoms with van der Waals surface area (Å²) in [6, 6.07) is 5.44. The predicted molar refractivity (Wildman–Crippen MR) is 68.7 cm³/mol. The number of phenols is 1. The monoisotopic (exact) mass is 246 g/mol. The molecular weight excluding hydrogens is 228 g/mol. The summed E-state index contributed by atoms with van der Waals surface area (Å²) in [5.41, 5.74) is 1.74. The van der Waals surface area contributed by atoms with Crippen LogP contribution in [0.25, 0.3) is 0 Å². The summed E-state index contributed by atoms with van der Waals surface area (Å²) in [6.07, 6.45) is 2.93. The van der Waals surface area contributed by atoms with Crippen molar-refractivity contribution in [2.75, 3.05) is 19.6 Å². The average molecular weight is 246 g/mol. The number of nitrogens with one attached hydrogen (secondary N) is 1.